The highest BCUT2D eigenvalue weighted by Crippen LogP contribution is 2.19. The van der Waals surface area contributed by atoms with Crippen LogP contribution in [0.4, 0.5) is 0 Å². The van der Waals surface area contributed by atoms with Gasteiger partial charge in [0.05, 0.1) is 18.8 Å². The molecule has 0 radical (unpaired) electrons. The van der Waals surface area contributed by atoms with E-state index >= 15 is 0 Å². The molecule has 0 bridgehead atoms. The fourth-order valence-electron chi connectivity index (χ4n) is 2.56. The fraction of sp³-hybridized carbons (Fsp3) is 1.00. The summed E-state index contributed by atoms with van der Waals surface area (Å²) in [7, 11) is 0. The second-order valence-electron chi connectivity index (χ2n) is 5.61. The molecule has 0 aromatic heterocycles. The smallest absolute Gasteiger partial charge is 0.0813 e. The van der Waals surface area contributed by atoms with E-state index in [1.54, 1.807) is 0 Å². The van der Waals surface area contributed by atoms with E-state index in [-0.39, 0.29) is 0 Å². The summed E-state index contributed by atoms with van der Waals surface area (Å²) in [6, 6.07) is 0. The quantitative estimate of drug-likeness (QED) is 0.551. The number of rotatable bonds is 12. The van der Waals surface area contributed by atoms with E-state index in [1.165, 1.54) is 44.9 Å². The average molecular weight is 271 g/mol. The van der Waals surface area contributed by atoms with Gasteiger partial charge in [-0.15, -0.1) is 0 Å². The molecule has 1 rings (SSSR count). The van der Waals surface area contributed by atoms with E-state index in [0.717, 1.165) is 32.7 Å². The average Bonchev–Trinajstić information content (AvgIpc) is 2.87. The van der Waals surface area contributed by atoms with Crippen LogP contribution in [-0.2, 0) is 9.47 Å². The molecule has 0 saturated carbocycles. The molecule has 1 aliphatic rings. The molecule has 0 aromatic rings. The number of ether oxygens (including phenoxy) is 2. The first kappa shape index (κ1) is 16.9. The molecule has 2 unspecified atom stereocenters. The van der Waals surface area contributed by atoms with Crippen molar-refractivity contribution in [2.75, 3.05) is 26.3 Å². The third-order valence-corrected chi connectivity index (χ3v) is 3.76. The molecule has 1 aliphatic heterocycles. The van der Waals surface area contributed by atoms with Gasteiger partial charge in [-0.2, -0.15) is 0 Å². The van der Waals surface area contributed by atoms with Crippen LogP contribution in [0, 0.1) is 0 Å². The lowest BCUT2D eigenvalue weighted by atomic mass is 10.1. The topological polar surface area (TPSA) is 30.5 Å². The maximum Gasteiger partial charge on any atom is 0.0813 e. The van der Waals surface area contributed by atoms with Crippen LogP contribution in [0.2, 0.25) is 0 Å². The Morgan fingerprint density at radius 3 is 2.53 bits per heavy atom. The lowest BCUT2D eigenvalue weighted by Crippen LogP contribution is -2.27. The van der Waals surface area contributed by atoms with Crippen molar-refractivity contribution in [3.63, 3.8) is 0 Å². The molecule has 0 aromatic carbocycles. The van der Waals surface area contributed by atoms with Crippen molar-refractivity contribution >= 4 is 0 Å². The first-order valence-corrected chi connectivity index (χ1v) is 8.30. The normalized spacial score (nSPS) is 23.1. The predicted octanol–water partition coefficient (Wildman–Crippen LogP) is 3.52. The van der Waals surface area contributed by atoms with Gasteiger partial charge in [-0.3, -0.25) is 0 Å². The van der Waals surface area contributed by atoms with E-state index < -0.39 is 0 Å². The van der Waals surface area contributed by atoms with Crippen molar-refractivity contribution in [2.45, 2.75) is 77.4 Å². The summed E-state index contributed by atoms with van der Waals surface area (Å²) in [6.45, 7) is 8.11. The maximum atomic E-state index is 5.94. The fourth-order valence-corrected chi connectivity index (χ4v) is 2.56. The summed E-state index contributed by atoms with van der Waals surface area (Å²) in [4.78, 5) is 0. The zero-order valence-electron chi connectivity index (χ0n) is 13.0. The van der Waals surface area contributed by atoms with E-state index in [1.807, 2.05) is 0 Å². The minimum atomic E-state index is 0.337. The van der Waals surface area contributed by atoms with Gasteiger partial charge in [-0.1, -0.05) is 46.0 Å². The Kier molecular flexibility index (Phi) is 10.4. The first-order valence-electron chi connectivity index (χ1n) is 8.30. The van der Waals surface area contributed by atoms with Gasteiger partial charge in [-0.25, -0.2) is 0 Å². The Hall–Kier alpha value is -0.120. The van der Waals surface area contributed by atoms with Crippen molar-refractivity contribution in [1.29, 1.82) is 0 Å². The van der Waals surface area contributed by atoms with Gasteiger partial charge in [-0.05, 0) is 25.8 Å². The van der Waals surface area contributed by atoms with Crippen LogP contribution in [0.25, 0.3) is 0 Å². The Morgan fingerprint density at radius 1 is 1.00 bits per heavy atom. The Morgan fingerprint density at radius 2 is 1.74 bits per heavy atom. The molecule has 2 atom stereocenters. The number of nitrogens with one attached hydrogen (secondary N) is 1. The molecule has 0 spiro atoms. The largest absolute Gasteiger partial charge is 0.379 e. The Balaban J connectivity index is 1.85. The van der Waals surface area contributed by atoms with Crippen molar-refractivity contribution in [1.82, 2.24) is 5.32 Å². The van der Waals surface area contributed by atoms with E-state index in [4.69, 9.17) is 9.47 Å². The van der Waals surface area contributed by atoms with E-state index in [9.17, 15) is 0 Å². The maximum absolute atomic E-state index is 5.94. The van der Waals surface area contributed by atoms with Crippen molar-refractivity contribution < 1.29 is 9.47 Å². The molecule has 1 fully saturated rings. The molecule has 3 heteroatoms. The zero-order valence-corrected chi connectivity index (χ0v) is 13.0. The molecule has 114 valence electrons. The van der Waals surface area contributed by atoms with Crippen molar-refractivity contribution in [2.24, 2.45) is 0 Å². The van der Waals surface area contributed by atoms with Crippen molar-refractivity contribution in [3.8, 4) is 0 Å². The van der Waals surface area contributed by atoms with Crippen LogP contribution in [0.3, 0.4) is 0 Å². The number of hydrogen-bond donors (Lipinski definition) is 1. The van der Waals surface area contributed by atoms with Gasteiger partial charge in [0.25, 0.3) is 0 Å². The van der Waals surface area contributed by atoms with Gasteiger partial charge in [0.15, 0.2) is 0 Å². The minimum absolute atomic E-state index is 0.337. The summed E-state index contributed by atoms with van der Waals surface area (Å²) in [5.74, 6) is 0. The Labute approximate surface area is 119 Å². The summed E-state index contributed by atoms with van der Waals surface area (Å²) >= 11 is 0. The lowest BCUT2D eigenvalue weighted by Gasteiger charge is -2.14. The molecular weight excluding hydrogens is 238 g/mol. The number of hydrogen-bond acceptors (Lipinski definition) is 3. The standard InChI is InChI=1S/C16H33NO2/c1-3-5-6-7-8-9-12-18-14-16-11-10-15(19-16)13-17-4-2/h15-17H,3-14H2,1-2H3. The molecule has 1 heterocycles. The minimum Gasteiger partial charge on any atom is -0.379 e. The van der Waals surface area contributed by atoms with E-state index in [2.05, 4.69) is 19.2 Å². The van der Waals surface area contributed by atoms with Gasteiger partial charge in [0.2, 0.25) is 0 Å². The molecule has 1 saturated heterocycles. The highest BCUT2D eigenvalue weighted by molar-refractivity contribution is 4.74. The predicted molar refractivity (Wildman–Crippen MR) is 80.6 cm³/mol. The summed E-state index contributed by atoms with van der Waals surface area (Å²) in [5.41, 5.74) is 0. The zero-order chi connectivity index (χ0) is 13.8. The molecule has 1 N–H and O–H groups in total. The van der Waals surface area contributed by atoms with Crippen LogP contribution in [-0.4, -0.2) is 38.5 Å². The summed E-state index contributed by atoms with van der Waals surface area (Å²) in [6.07, 6.45) is 11.0. The first-order chi connectivity index (χ1) is 9.36. The Bertz CT molecular complexity index is 199. The second-order valence-corrected chi connectivity index (χ2v) is 5.61. The monoisotopic (exact) mass is 271 g/mol. The molecule has 19 heavy (non-hydrogen) atoms. The third kappa shape index (κ3) is 8.61. The molecular formula is C16H33NO2. The van der Waals surface area contributed by atoms with Crippen LogP contribution in [0.5, 0.6) is 0 Å². The summed E-state index contributed by atoms with van der Waals surface area (Å²) < 4.78 is 11.7. The third-order valence-electron chi connectivity index (χ3n) is 3.76. The highest BCUT2D eigenvalue weighted by Gasteiger charge is 2.24. The van der Waals surface area contributed by atoms with Gasteiger partial charge < -0.3 is 14.8 Å². The molecule has 0 aliphatic carbocycles. The molecule has 0 amide bonds. The van der Waals surface area contributed by atoms with Crippen LogP contribution in [0.15, 0.2) is 0 Å². The number of unbranched alkanes of at least 4 members (excludes halogenated alkanes) is 5. The molecule has 3 nitrogen and oxygen atoms in total. The van der Waals surface area contributed by atoms with E-state index in [0.29, 0.717) is 12.2 Å². The second kappa shape index (κ2) is 11.7. The van der Waals surface area contributed by atoms with Crippen molar-refractivity contribution in [3.05, 3.63) is 0 Å². The van der Waals surface area contributed by atoms with Gasteiger partial charge in [0, 0.05) is 13.2 Å². The van der Waals surface area contributed by atoms with Crippen LogP contribution < -0.4 is 5.32 Å². The number of likely N-dealkylation sites (N-methyl/N-ethyl adjacent to an activating group) is 1. The lowest BCUT2D eigenvalue weighted by molar-refractivity contribution is -0.0148. The van der Waals surface area contributed by atoms with Gasteiger partial charge >= 0.3 is 0 Å². The SMILES string of the molecule is CCCCCCCCOCC1CCC(CNCC)O1. The van der Waals surface area contributed by atoms with Gasteiger partial charge in [0.1, 0.15) is 0 Å². The highest BCUT2D eigenvalue weighted by atomic mass is 16.5. The summed E-state index contributed by atoms with van der Waals surface area (Å²) in [5, 5.41) is 3.35. The van der Waals surface area contributed by atoms with Crippen LogP contribution >= 0.6 is 0 Å². The van der Waals surface area contributed by atoms with Crippen LogP contribution in [0.1, 0.15) is 65.2 Å².